The number of aliphatic hydroxyl groups excluding tert-OH is 1. The molecule has 0 fully saturated rings. The lowest BCUT2D eigenvalue weighted by molar-refractivity contribution is -0.658. The van der Waals surface area contributed by atoms with Crippen molar-refractivity contribution in [3.8, 4) is 0 Å². The summed E-state index contributed by atoms with van der Waals surface area (Å²) >= 11 is 0. The van der Waals surface area contributed by atoms with Gasteiger partial charge in [-0.2, -0.15) is 0 Å². The highest BCUT2D eigenvalue weighted by atomic mass is 16.3. The second kappa shape index (κ2) is 9.30. The second-order valence-corrected chi connectivity index (χ2v) is 4.19. The van der Waals surface area contributed by atoms with Crippen LogP contribution < -0.4 is 10.1 Å². The van der Waals surface area contributed by atoms with Crippen molar-refractivity contribution in [1.82, 2.24) is 4.57 Å². The Morgan fingerprint density at radius 2 is 2.05 bits per heavy atom. The summed E-state index contributed by atoms with van der Waals surface area (Å²) in [7, 11) is 1.89. The van der Waals surface area contributed by atoms with E-state index in [1.807, 2.05) is 54.3 Å². The zero-order chi connectivity index (χ0) is 14.9. The average molecular weight is 300 g/mol. The third-order valence-electron chi connectivity index (χ3n) is 2.71. The maximum Gasteiger partial charge on any atom is 0.350 e. The van der Waals surface area contributed by atoms with E-state index in [0.717, 1.165) is 5.82 Å². The first-order valence-electron chi connectivity index (χ1n) is 6.48. The number of azo groups is 1. The predicted molar refractivity (Wildman–Crippen MR) is 84.1 cm³/mol. The van der Waals surface area contributed by atoms with Crippen molar-refractivity contribution < 1.29 is 9.67 Å². The third-order valence-corrected chi connectivity index (χ3v) is 2.71. The Kier molecular flexibility index (Phi) is 7.35. The van der Waals surface area contributed by atoms with Gasteiger partial charge in [0, 0.05) is 18.8 Å². The fraction of sp³-hybridized carbons (Fsp3) is 0.200. The number of nitrogens with zero attached hydrogens (tertiary/aromatic N) is 6. The summed E-state index contributed by atoms with van der Waals surface area (Å²) in [5, 5.41) is 24.7. The van der Waals surface area contributed by atoms with Gasteiger partial charge in [-0.25, -0.2) is 4.57 Å². The molecule has 0 saturated carbocycles. The lowest BCUT2D eigenvalue weighted by atomic mass is 10.4. The van der Waals surface area contributed by atoms with E-state index in [2.05, 4.69) is 20.4 Å². The van der Waals surface area contributed by atoms with Gasteiger partial charge in [0.05, 0.1) is 25.0 Å². The molecular formula is C15H20N6O. The third kappa shape index (κ3) is 5.02. The summed E-state index contributed by atoms with van der Waals surface area (Å²) < 4.78 is 3.65. The minimum absolute atomic E-state index is 0. The lowest BCUT2D eigenvalue weighted by Gasteiger charge is -2.02. The maximum atomic E-state index is 8.97. The minimum atomic E-state index is 0. The number of pyridine rings is 2. The van der Waals surface area contributed by atoms with Crippen LogP contribution in [0.15, 0.2) is 69.2 Å². The second-order valence-electron chi connectivity index (χ2n) is 4.19. The number of aliphatic hydroxyl groups is 1. The van der Waals surface area contributed by atoms with Gasteiger partial charge in [-0.05, 0) is 23.3 Å². The summed E-state index contributed by atoms with van der Waals surface area (Å²) in [6.07, 6.45) is 5.00. The van der Waals surface area contributed by atoms with E-state index < -0.39 is 0 Å². The van der Waals surface area contributed by atoms with E-state index in [9.17, 15) is 0 Å². The van der Waals surface area contributed by atoms with Gasteiger partial charge in [0.25, 0.3) is 0 Å². The van der Waals surface area contributed by atoms with Gasteiger partial charge in [-0.1, -0.05) is 12.1 Å². The molecule has 0 atom stereocenters. The van der Waals surface area contributed by atoms with E-state index in [0.29, 0.717) is 12.0 Å². The highest BCUT2D eigenvalue weighted by Gasteiger charge is 2.01. The van der Waals surface area contributed by atoms with E-state index in [4.69, 9.17) is 5.11 Å². The van der Waals surface area contributed by atoms with Gasteiger partial charge in [0.2, 0.25) is 0 Å². The molecule has 0 saturated heterocycles. The van der Waals surface area contributed by atoms with Crippen LogP contribution >= 0.6 is 0 Å². The van der Waals surface area contributed by atoms with E-state index in [-0.39, 0.29) is 14.0 Å². The fourth-order valence-electron chi connectivity index (χ4n) is 1.67. The molecule has 1 N–H and O–H groups in total. The SMILES string of the molecule is C[n+]1ccccc1N=N/C=N/N=c1\ccccn1CCO.[CH3-]. The first-order valence-corrected chi connectivity index (χ1v) is 6.48. The standard InChI is InChI=1S/C14H17N6O.CH3/c1-19-8-4-2-6-13(19)17-15-12-16-18-14-7-3-5-9-20(14)10-11-21;/h2-9,12,21H,10-11H2,1H3;1H3/q+1;-1. The molecule has 22 heavy (non-hydrogen) atoms. The molecule has 0 aliphatic heterocycles. The lowest BCUT2D eigenvalue weighted by Crippen LogP contribution is -2.26. The highest BCUT2D eigenvalue weighted by molar-refractivity contribution is 5.54. The monoisotopic (exact) mass is 300 g/mol. The van der Waals surface area contributed by atoms with Gasteiger partial charge in [-0.3, -0.25) is 0 Å². The molecule has 2 aromatic rings. The number of rotatable bonds is 5. The topological polar surface area (TPSA) is 78.5 Å². The number of hydrogen-bond acceptors (Lipinski definition) is 4. The molecule has 2 rings (SSSR count). The molecule has 0 aliphatic carbocycles. The van der Waals surface area contributed by atoms with Crippen molar-refractivity contribution in [1.29, 1.82) is 0 Å². The fourth-order valence-corrected chi connectivity index (χ4v) is 1.67. The molecule has 7 heteroatoms. The Balaban J connectivity index is 0.00000242. The van der Waals surface area contributed by atoms with Crippen molar-refractivity contribution in [3.63, 3.8) is 0 Å². The maximum absolute atomic E-state index is 8.97. The number of aromatic nitrogens is 2. The molecule has 0 aromatic carbocycles. The summed E-state index contributed by atoms with van der Waals surface area (Å²) in [6, 6.07) is 11.2. The van der Waals surface area contributed by atoms with Crippen molar-refractivity contribution >= 4 is 12.2 Å². The Bertz CT molecular complexity index is 705. The molecule has 7 nitrogen and oxygen atoms in total. The number of hydrogen-bond donors (Lipinski definition) is 1. The number of aryl methyl sites for hydroxylation is 1. The van der Waals surface area contributed by atoms with Crippen molar-refractivity contribution in [3.05, 3.63) is 61.7 Å². The molecule has 0 bridgehead atoms. The van der Waals surface area contributed by atoms with Crippen molar-refractivity contribution in [2.75, 3.05) is 6.61 Å². The van der Waals surface area contributed by atoms with Crippen LogP contribution in [-0.2, 0) is 13.6 Å². The van der Waals surface area contributed by atoms with Crippen LogP contribution in [0, 0.1) is 7.43 Å². The van der Waals surface area contributed by atoms with Crippen LogP contribution in [0.5, 0.6) is 0 Å². The van der Waals surface area contributed by atoms with Crippen molar-refractivity contribution in [2.45, 2.75) is 6.54 Å². The Morgan fingerprint density at radius 1 is 1.23 bits per heavy atom. The average Bonchev–Trinajstić information content (AvgIpc) is 2.50. The molecule has 116 valence electrons. The van der Waals surface area contributed by atoms with Gasteiger partial charge in [0.1, 0.15) is 0 Å². The first kappa shape index (κ1) is 17.4. The summed E-state index contributed by atoms with van der Waals surface area (Å²) in [4.78, 5) is 0. The highest BCUT2D eigenvalue weighted by Crippen LogP contribution is 2.01. The van der Waals surface area contributed by atoms with Crippen LogP contribution in [0.4, 0.5) is 5.82 Å². The van der Waals surface area contributed by atoms with Crippen molar-refractivity contribution in [2.24, 2.45) is 27.5 Å². The normalized spacial score (nSPS) is 12.0. The molecule has 2 heterocycles. The molecule has 2 aromatic heterocycles. The minimum Gasteiger partial charge on any atom is -0.395 e. The smallest absolute Gasteiger partial charge is 0.350 e. The van der Waals surface area contributed by atoms with Gasteiger partial charge in [-0.15, -0.1) is 10.2 Å². The predicted octanol–water partition coefficient (Wildman–Crippen LogP) is 1.38. The molecular weight excluding hydrogens is 280 g/mol. The quantitative estimate of drug-likeness (QED) is 0.222. The van der Waals surface area contributed by atoms with Crippen LogP contribution in [0.25, 0.3) is 0 Å². The molecule has 0 spiro atoms. The van der Waals surface area contributed by atoms with Gasteiger partial charge >= 0.3 is 5.82 Å². The van der Waals surface area contributed by atoms with Crippen LogP contribution in [0.2, 0.25) is 0 Å². The van der Waals surface area contributed by atoms with Crippen LogP contribution in [-0.4, -0.2) is 22.6 Å². The molecule has 0 radical (unpaired) electrons. The summed E-state index contributed by atoms with van der Waals surface area (Å²) in [5.74, 6) is 0.721. The van der Waals surface area contributed by atoms with E-state index in [1.165, 1.54) is 6.34 Å². The largest absolute Gasteiger partial charge is 0.395 e. The zero-order valence-electron chi connectivity index (χ0n) is 12.7. The molecule has 0 aliphatic rings. The summed E-state index contributed by atoms with van der Waals surface area (Å²) in [6.45, 7) is 0.516. The Labute approximate surface area is 129 Å². The molecule has 0 amide bonds. The van der Waals surface area contributed by atoms with Crippen LogP contribution in [0.1, 0.15) is 0 Å². The van der Waals surface area contributed by atoms with E-state index in [1.54, 1.807) is 10.6 Å². The van der Waals surface area contributed by atoms with Gasteiger partial charge in [0.15, 0.2) is 11.8 Å². The van der Waals surface area contributed by atoms with E-state index >= 15 is 0 Å². The first-order chi connectivity index (χ1) is 10.3. The Morgan fingerprint density at radius 3 is 2.82 bits per heavy atom. The zero-order valence-corrected chi connectivity index (χ0v) is 12.7. The van der Waals surface area contributed by atoms with Crippen LogP contribution in [0.3, 0.4) is 0 Å². The summed E-state index contributed by atoms with van der Waals surface area (Å²) in [5.41, 5.74) is 0.642. The molecule has 0 unspecified atom stereocenters. The van der Waals surface area contributed by atoms with Gasteiger partial charge < -0.3 is 17.1 Å². The Hall–Kier alpha value is -2.67.